The minimum absolute atomic E-state index is 1.00. The van der Waals surface area contributed by atoms with Crippen molar-refractivity contribution in [2.24, 2.45) is 0 Å². The molecule has 0 saturated carbocycles. The van der Waals surface area contributed by atoms with Crippen molar-refractivity contribution in [1.29, 1.82) is 0 Å². The summed E-state index contributed by atoms with van der Waals surface area (Å²) in [6.07, 6.45) is 4.52. The van der Waals surface area contributed by atoms with E-state index >= 15 is 0 Å². The molecule has 3 nitrogen and oxygen atoms in total. The second kappa shape index (κ2) is 9.09. The van der Waals surface area contributed by atoms with Crippen LogP contribution in [-0.4, -0.2) is 47.1 Å². The Labute approximate surface area is 185 Å². The highest BCUT2D eigenvalue weighted by Gasteiger charge is 2.17. The van der Waals surface area contributed by atoms with Gasteiger partial charge in [-0.2, -0.15) is 0 Å². The minimum Gasteiger partial charge on any atom is -0.341 e. The molecule has 0 amide bonds. The molecule has 1 aliphatic heterocycles. The summed E-state index contributed by atoms with van der Waals surface area (Å²) >= 11 is 0. The van der Waals surface area contributed by atoms with Gasteiger partial charge in [-0.15, -0.1) is 0 Å². The van der Waals surface area contributed by atoms with E-state index in [2.05, 4.69) is 106 Å². The predicted molar refractivity (Wildman–Crippen MR) is 132 cm³/mol. The van der Waals surface area contributed by atoms with Crippen molar-refractivity contribution in [2.45, 2.75) is 20.0 Å². The minimum atomic E-state index is 1.00. The number of aromatic nitrogens is 1. The first-order valence-electron chi connectivity index (χ1n) is 11.5. The van der Waals surface area contributed by atoms with Crippen LogP contribution in [0.1, 0.15) is 18.1 Å². The van der Waals surface area contributed by atoms with E-state index in [1.807, 2.05) is 0 Å². The lowest BCUT2D eigenvalue weighted by atomic mass is 10.1. The molecule has 5 rings (SSSR count). The summed E-state index contributed by atoms with van der Waals surface area (Å²) in [5.41, 5.74) is 5.39. The van der Waals surface area contributed by atoms with E-state index in [-0.39, 0.29) is 0 Å². The molecular weight excluding hydrogens is 378 g/mol. The van der Waals surface area contributed by atoms with Crippen LogP contribution in [0.3, 0.4) is 0 Å². The predicted octanol–water partition coefficient (Wildman–Crippen LogP) is 5.65. The number of aryl methyl sites for hydroxylation is 1. The number of para-hydroxylation sites is 1. The van der Waals surface area contributed by atoms with Crippen LogP contribution in [0, 0.1) is 0 Å². The topological polar surface area (TPSA) is 11.4 Å². The average Bonchev–Trinajstić information content (AvgIpc) is 3.14. The van der Waals surface area contributed by atoms with Crippen LogP contribution >= 0.6 is 0 Å². The van der Waals surface area contributed by atoms with E-state index in [0.717, 1.165) is 45.8 Å². The van der Waals surface area contributed by atoms with E-state index in [1.54, 1.807) is 0 Å². The fourth-order valence-electron chi connectivity index (χ4n) is 4.83. The molecule has 0 unspecified atom stereocenters. The smallest absolute Gasteiger partial charge is 0.0491 e. The third kappa shape index (κ3) is 4.30. The molecule has 3 aromatic carbocycles. The second-order valence-electron chi connectivity index (χ2n) is 8.50. The van der Waals surface area contributed by atoms with Crippen molar-refractivity contribution in [3.05, 3.63) is 90.0 Å². The van der Waals surface area contributed by atoms with Gasteiger partial charge in [-0.25, -0.2) is 0 Å². The fourth-order valence-corrected chi connectivity index (χ4v) is 4.83. The molecule has 1 aromatic heterocycles. The zero-order valence-corrected chi connectivity index (χ0v) is 18.4. The van der Waals surface area contributed by atoms with Crippen LogP contribution in [-0.2, 0) is 13.1 Å². The van der Waals surface area contributed by atoms with Crippen LogP contribution in [0.4, 0.5) is 0 Å². The molecule has 1 saturated heterocycles. The lowest BCUT2D eigenvalue weighted by Crippen LogP contribution is -2.45. The Balaban J connectivity index is 1.22. The molecular formula is C28H31N3. The van der Waals surface area contributed by atoms with Crippen molar-refractivity contribution in [3.63, 3.8) is 0 Å². The van der Waals surface area contributed by atoms with E-state index in [4.69, 9.17) is 0 Å². The van der Waals surface area contributed by atoms with Crippen molar-refractivity contribution >= 4 is 27.9 Å². The molecule has 2 heterocycles. The maximum atomic E-state index is 2.59. The molecule has 0 spiro atoms. The van der Waals surface area contributed by atoms with Gasteiger partial charge in [-0.3, -0.25) is 9.80 Å². The first-order valence-corrected chi connectivity index (χ1v) is 11.5. The summed E-state index contributed by atoms with van der Waals surface area (Å²) in [6.45, 7) is 9.84. The van der Waals surface area contributed by atoms with Crippen molar-refractivity contribution in [1.82, 2.24) is 14.4 Å². The Morgan fingerprint density at radius 1 is 0.742 bits per heavy atom. The van der Waals surface area contributed by atoms with Crippen LogP contribution in [0.15, 0.2) is 78.9 Å². The Kier molecular flexibility index (Phi) is 5.88. The lowest BCUT2D eigenvalue weighted by molar-refractivity contribution is 0.137. The Bertz CT molecular complexity index is 1180. The Morgan fingerprint density at radius 2 is 1.45 bits per heavy atom. The molecule has 4 aromatic rings. The average molecular weight is 410 g/mol. The Hall–Kier alpha value is -2.88. The van der Waals surface area contributed by atoms with Gasteiger partial charge in [0, 0.05) is 67.6 Å². The quantitative estimate of drug-likeness (QED) is 0.408. The number of rotatable bonds is 6. The Morgan fingerprint density at radius 3 is 2.26 bits per heavy atom. The number of hydrogen-bond acceptors (Lipinski definition) is 2. The number of piperazine rings is 1. The molecule has 158 valence electrons. The monoisotopic (exact) mass is 409 g/mol. The third-order valence-corrected chi connectivity index (χ3v) is 6.50. The summed E-state index contributed by atoms with van der Waals surface area (Å²) in [5.74, 6) is 0. The molecule has 31 heavy (non-hydrogen) atoms. The van der Waals surface area contributed by atoms with Gasteiger partial charge in [0.05, 0.1) is 0 Å². The van der Waals surface area contributed by atoms with E-state index < -0.39 is 0 Å². The molecule has 0 radical (unpaired) electrons. The highest BCUT2D eigenvalue weighted by molar-refractivity contribution is 6.08. The SMILES string of the molecule is CCn1c2ccccc2c2cc(CN3CCN(C/C=C/c4ccccc4)CC3)ccc21. The first-order chi connectivity index (χ1) is 15.3. The van der Waals surface area contributed by atoms with Crippen molar-refractivity contribution in [2.75, 3.05) is 32.7 Å². The molecule has 0 N–H and O–H groups in total. The summed E-state index contributed by atoms with van der Waals surface area (Å²) in [7, 11) is 0. The molecule has 0 aliphatic carbocycles. The maximum absolute atomic E-state index is 2.59. The van der Waals surface area contributed by atoms with E-state index in [9.17, 15) is 0 Å². The largest absolute Gasteiger partial charge is 0.341 e. The van der Waals surface area contributed by atoms with Crippen LogP contribution in [0.5, 0.6) is 0 Å². The third-order valence-electron chi connectivity index (χ3n) is 6.50. The summed E-state index contributed by atoms with van der Waals surface area (Å²) in [5, 5.41) is 2.76. The zero-order valence-electron chi connectivity index (χ0n) is 18.4. The highest BCUT2D eigenvalue weighted by Crippen LogP contribution is 2.30. The van der Waals surface area contributed by atoms with Gasteiger partial charge >= 0.3 is 0 Å². The van der Waals surface area contributed by atoms with Gasteiger partial charge in [-0.05, 0) is 36.2 Å². The van der Waals surface area contributed by atoms with Gasteiger partial charge in [0.25, 0.3) is 0 Å². The fraction of sp³-hybridized carbons (Fsp3) is 0.286. The summed E-state index contributed by atoms with van der Waals surface area (Å²) in [6, 6.07) is 26.4. The highest BCUT2D eigenvalue weighted by atomic mass is 15.3. The van der Waals surface area contributed by atoms with Gasteiger partial charge in [-0.1, -0.05) is 66.7 Å². The molecule has 3 heteroatoms. The maximum Gasteiger partial charge on any atom is 0.0491 e. The molecule has 0 bridgehead atoms. The van der Waals surface area contributed by atoms with E-state index in [1.165, 1.54) is 32.9 Å². The number of fused-ring (bicyclic) bond motifs is 3. The van der Waals surface area contributed by atoms with Gasteiger partial charge in [0.1, 0.15) is 0 Å². The van der Waals surface area contributed by atoms with Gasteiger partial charge in [0.2, 0.25) is 0 Å². The standard InChI is InChI=1S/C28H31N3/c1-2-31-27-13-7-6-12-25(27)26-21-24(14-15-28(26)31)22-30-19-17-29(18-20-30)16-8-11-23-9-4-3-5-10-23/h3-15,21H,2,16-20,22H2,1H3/b11-8+. The van der Waals surface area contributed by atoms with Crippen LogP contribution in [0.25, 0.3) is 27.9 Å². The van der Waals surface area contributed by atoms with E-state index in [0.29, 0.717) is 0 Å². The lowest BCUT2D eigenvalue weighted by Gasteiger charge is -2.34. The summed E-state index contributed by atoms with van der Waals surface area (Å²) < 4.78 is 2.43. The van der Waals surface area contributed by atoms with Crippen LogP contribution in [0.2, 0.25) is 0 Å². The first kappa shape index (κ1) is 20.0. The number of benzene rings is 3. The zero-order chi connectivity index (χ0) is 21.0. The van der Waals surface area contributed by atoms with Gasteiger partial charge < -0.3 is 4.57 Å². The van der Waals surface area contributed by atoms with Crippen molar-refractivity contribution in [3.8, 4) is 0 Å². The molecule has 0 atom stereocenters. The summed E-state index contributed by atoms with van der Waals surface area (Å²) in [4.78, 5) is 5.14. The number of hydrogen-bond donors (Lipinski definition) is 0. The van der Waals surface area contributed by atoms with Gasteiger partial charge in [0.15, 0.2) is 0 Å². The number of nitrogens with zero attached hydrogens (tertiary/aromatic N) is 3. The normalized spacial score (nSPS) is 16.0. The van der Waals surface area contributed by atoms with Crippen molar-refractivity contribution < 1.29 is 0 Å². The van der Waals surface area contributed by atoms with Crippen LogP contribution < -0.4 is 0 Å². The second-order valence-corrected chi connectivity index (χ2v) is 8.50. The molecule has 1 fully saturated rings. The molecule has 1 aliphatic rings.